The molecule has 1 heterocycles. The SMILES string of the molecule is CCCCNC(C(CC)CCCC)C(CC)CN1CCNC1=O. The molecule has 1 saturated heterocycles. The molecule has 1 fully saturated rings. The minimum absolute atomic E-state index is 0.123. The quantitative estimate of drug-likeness (QED) is 0.502. The van der Waals surface area contributed by atoms with E-state index in [2.05, 4.69) is 38.3 Å². The lowest BCUT2D eigenvalue weighted by molar-refractivity contribution is 0.173. The number of rotatable bonds is 13. The molecule has 0 spiro atoms. The number of hydrogen-bond acceptors (Lipinski definition) is 2. The second-order valence-electron chi connectivity index (χ2n) is 6.99. The summed E-state index contributed by atoms with van der Waals surface area (Å²) in [5.74, 6) is 1.28. The van der Waals surface area contributed by atoms with Gasteiger partial charge in [0.05, 0.1) is 0 Å². The van der Waals surface area contributed by atoms with Gasteiger partial charge in [-0.15, -0.1) is 0 Å². The summed E-state index contributed by atoms with van der Waals surface area (Å²) < 4.78 is 0. The molecule has 0 radical (unpaired) electrons. The van der Waals surface area contributed by atoms with Gasteiger partial charge >= 0.3 is 6.03 Å². The Labute approximate surface area is 143 Å². The summed E-state index contributed by atoms with van der Waals surface area (Å²) in [5, 5.41) is 6.80. The Kier molecular flexibility index (Phi) is 10.3. The molecule has 2 amide bonds. The molecular weight excluding hydrogens is 286 g/mol. The number of nitrogens with zero attached hydrogens (tertiary/aromatic N) is 1. The summed E-state index contributed by atoms with van der Waals surface area (Å²) in [7, 11) is 0. The Balaban J connectivity index is 2.72. The summed E-state index contributed by atoms with van der Waals surface area (Å²) in [6, 6.07) is 0.661. The van der Waals surface area contributed by atoms with E-state index >= 15 is 0 Å². The highest BCUT2D eigenvalue weighted by Gasteiger charge is 2.30. The second kappa shape index (κ2) is 11.7. The lowest BCUT2D eigenvalue weighted by Gasteiger charge is -2.36. The molecule has 0 aliphatic carbocycles. The van der Waals surface area contributed by atoms with Gasteiger partial charge in [0.1, 0.15) is 0 Å². The molecule has 4 heteroatoms. The van der Waals surface area contributed by atoms with Crippen molar-refractivity contribution in [3.8, 4) is 0 Å². The predicted octanol–water partition coefficient (Wildman–Crippen LogP) is 4.01. The minimum atomic E-state index is 0.123. The maximum atomic E-state index is 11.9. The molecule has 0 aromatic rings. The second-order valence-corrected chi connectivity index (χ2v) is 6.99. The Bertz CT molecular complexity index is 322. The summed E-state index contributed by atoms with van der Waals surface area (Å²) in [6.07, 6.45) is 8.72. The third-order valence-electron chi connectivity index (χ3n) is 5.30. The average Bonchev–Trinajstić information content (AvgIpc) is 2.96. The van der Waals surface area contributed by atoms with E-state index in [-0.39, 0.29) is 6.03 Å². The van der Waals surface area contributed by atoms with E-state index in [1.807, 2.05) is 4.90 Å². The molecular formula is C19H39N3O. The van der Waals surface area contributed by atoms with E-state index in [0.717, 1.165) is 38.5 Å². The fourth-order valence-corrected chi connectivity index (χ4v) is 3.73. The molecule has 3 atom stereocenters. The van der Waals surface area contributed by atoms with Crippen molar-refractivity contribution in [2.24, 2.45) is 11.8 Å². The molecule has 0 aromatic carbocycles. The molecule has 0 saturated carbocycles. The molecule has 3 unspecified atom stereocenters. The molecule has 1 aliphatic heterocycles. The van der Waals surface area contributed by atoms with Crippen LogP contribution < -0.4 is 10.6 Å². The van der Waals surface area contributed by atoms with Gasteiger partial charge in [-0.3, -0.25) is 0 Å². The first-order chi connectivity index (χ1) is 11.2. The summed E-state index contributed by atoms with van der Waals surface area (Å²) in [4.78, 5) is 13.9. The van der Waals surface area contributed by atoms with Crippen LogP contribution in [0.15, 0.2) is 0 Å². The van der Waals surface area contributed by atoms with E-state index < -0.39 is 0 Å². The number of nitrogens with one attached hydrogen (secondary N) is 2. The largest absolute Gasteiger partial charge is 0.336 e. The number of urea groups is 1. The highest BCUT2D eigenvalue weighted by Crippen LogP contribution is 2.26. The van der Waals surface area contributed by atoms with Gasteiger partial charge in [-0.05, 0) is 31.2 Å². The van der Waals surface area contributed by atoms with E-state index in [1.54, 1.807) is 0 Å². The molecule has 0 bridgehead atoms. The normalized spacial score (nSPS) is 18.8. The van der Waals surface area contributed by atoms with Crippen LogP contribution in [0.25, 0.3) is 0 Å². The standard InChI is InChI=1S/C19H39N3O/c1-5-9-11-16(7-3)18(20-12-10-6-2)17(8-4)15-22-14-13-21-19(22)23/h16-18,20H,5-15H2,1-4H3,(H,21,23). The third-order valence-corrected chi connectivity index (χ3v) is 5.30. The van der Waals surface area contributed by atoms with Crippen LogP contribution >= 0.6 is 0 Å². The van der Waals surface area contributed by atoms with Gasteiger partial charge in [0.2, 0.25) is 0 Å². The van der Waals surface area contributed by atoms with Crippen LogP contribution in [0, 0.1) is 11.8 Å². The van der Waals surface area contributed by atoms with Crippen molar-refractivity contribution in [1.29, 1.82) is 0 Å². The number of amides is 2. The maximum Gasteiger partial charge on any atom is 0.317 e. The zero-order chi connectivity index (χ0) is 17.1. The predicted molar refractivity (Wildman–Crippen MR) is 98.8 cm³/mol. The number of carbonyl (C=O) groups excluding carboxylic acids is 1. The van der Waals surface area contributed by atoms with Crippen LogP contribution in [-0.2, 0) is 0 Å². The molecule has 136 valence electrons. The first-order valence-electron chi connectivity index (χ1n) is 9.93. The van der Waals surface area contributed by atoms with Gasteiger partial charge in [0.15, 0.2) is 0 Å². The molecule has 1 rings (SSSR count). The number of carbonyl (C=O) groups is 1. The fraction of sp³-hybridized carbons (Fsp3) is 0.947. The maximum absolute atomic E-state index is 11.9. The molecule has 4 nitrogen and oxygen atoms in total. The van der Waals surface area contributed by atoms with Gasteiger partial charge in [-0.2, -0.15) is 0 Å². The zero-order valence-corrected chi connectivity index (χ0v) is 15.9. The van der Waals surface area contributed by atoms with Gasteiger partial charge in [0.25, 0.3) is 0 Å². The third kappa shape index (κ3) is 6.70. The van der Waals surface area contributed by atoms with Crippen LogP contribution in [-0.4, -0.2) is 43.2 Å². The van der Waals surface area contributed by atoms with E-state index in [4.69, 9.17) is 0 Å². The van der Waals surface area contributed by atoms with Crippen molar-refractivity contribution in [3.05, 3.63) is 0 Å². The first-order valence-corrected chi connectivity index (χ1v) is 9.93. The average molecular weight is 326 g/mol. The Morgan fingerprint density at radius 3 is 2.30 bits per heavy atom. The van der Waals surface area contributed by atoms with Gasteiger partial charge in [0, 0.05) is 25.7 Å². The summed E-state index contributed by atoms with van der Waals surface area (Å²) in [6.45, 7) is 12.8. The van der Waals surface area contributed by atoms with Crippen LogP contribution in [0.4, 0.5) is 4.79 Å². The lowest BCUT2D eigenvalue weighted by Crippen LogP contribution is -2.47. The van der Waals surface area contributed by atoms with E-state index in [1.165, 1.54) is 38.5 Å². The van der Waals surface area contributed by atoms with E-state index in [9.17, 15) is 4.79 Å². The monoisotopic (exact) mass is 325 g/mol. The van der Waals surface area contributed by atoms with Crippen LogP contribution in [0.2, 0.25) is 0 Å². The fourth-order valence-electron chi connectivity index (χ4n) is 3.73. The highest BCUT2D eigenvalue weighted by atomic mass is 16.2. The summed E-state index contributed by atoms with van der Waals surface area (Å²) in [5.41, 5.74) is 0. The van der Waals surface area contributed by atoms with Crippen molar-refractivity contribution in [3.63, 3.8) is 0 Å². The molecule has 23 heavy (non-hydrogen) atoms. The van der Waals surface area contributed by atoms with Crippen molar-refractivity contribution in [2.45, 2.75) is 78.7 Å². The van der Waals surface area contributed by atoms with E-state index in [0.29, 0.717) is 12.0 Å². The molecule has 1 aliphatic rings. The van der Waals surface area contributed by atoms with Gasteiger partial charge in [-0.1, -0.05) is 59.8 Å². The first kappa shape index (κ1) is 20.3. The Morgan fingerprint density at radius 1 is 1.09 bits per heavy atom. The molecule has 0 aromatic heterocycles. The van der Waals surface area contributed by atoms with Crippen LogP contribution in [0.3, 0.4) is 0 Å². The number of unbranched alkanes of at least 4 members (excludes halogenated alkanes) is 2. The van der Waals surface area contributed by atoms with Crippen molar-refractivity contribution >= 4 is 6.03 Å². The Morgan fingerprint density at radius 2 is 1.78 bits per heavy atom. The van der Waals surface area contributed by atoms with Gasteiger partial charge < -0.3 is 15.5 Å². The van der Waals surface area contributed by atoms with Gasteiger partial charge in [-0.25, -0.2) is 4.79 Å². The topological polar surface area (TPSA) is 44.4 Å². The minimum Gasteiger partial charge on any atom is -0.336 e. The molecule has 2 N–H and O–H groups in total. The van der Waals surface area contributed by atoms with Crippen LogP contribution in [0.5, 0.6) is 0 Å². The van der Waals surface area contributed by atoms with Crippen molar-refractivity contribution < 1.29 is 4.79 Å². The number of hydrogen-bond donors (Lipinski definition) is 2. The smallest absolute Gasteiger partial charge is 0.317 e. The van der Waals surface area contributed by atoms with Crippen molar-refractivity contribution in [1.82, 2.24) is 15.5 Å². The van der Waals surface area contributed by atoms with Crippen molar-refractivity contribution in [2.75, 3.05) is 26.2 Å². The summed E-state index contributed by atoms with van der Waals surface area (Å²) >= 11 is 0. The highest BCUT2D eigenvalue weighted by molar-refractivity contribution is 5.76. The Hall–Kier alpha value is -0.770. The lowest BCUT2D eigenvalue weighted by atomic mass is 9.81. The van der Waals surface area contributed by atoms with Crippen LogP contribution in [0.1, 0.15) is 72.6 Å². The zero-order valence-electron chi connectivity index (χ0n) is 15.9.